The zero-order valence-corrected chi connectivity index (χ0v) is 12.7. The summed E-state index contributed by atoms with van der Waals surface area (Å²) < 4.78 is 0. The molecule has 1 rings (SSSR count). The van der Waals surface area contributed by atoms with Crippen molar-refractivity contribution in [2.24, 2.45) is 0 Å². The molecule has 1 aromatic rings. The Kier molecular flexibility index (Phi) is 5.63. The van der Waals surface area contributed by atoms with Crippen LogP contribution in [0.1, 0.15) is 27.7 Å². The average molecular weight is 284 g/mol. The van der Waals surface area contributed by atoms with E-state index in [0.717, 1.165) is 18.8 Å². The lowest BCUT2D eigenvalue weighted by atomic mass is 10.1. The SMILES string of the molecule is CC(=O)Nc1ccc(NCCNC(C)(C)C)cc1Cl. The molecule has 0 aromatic heterocycles. The van der Waals surface area contributed by atoms with E-state index in [1.54, 1.807) is 6.07 Å². The maximum Gasteiger partial charge on any atom is 0.221 e. The molecule has 0 fully saturated rings. The number of anilines is 2. The smallest absolute Gasteiger partial charge is 0.221 e. The van der Waals surface area contributed by atoms with Crippen molar-refractivity contribution in [1.29, 1.82) is 0 Å². The lowest BCUT2D eigenvalue weighted by molar-refractivity contribution is -0.114. The first-order valence-electron chi connectivity index (χ1n) is 6.34. The van der Waals surface area contributed by atoms with Crippen LogP contribution in [0.5, 0.6) is 0 Å². The van der Waals surface area contributed by atoms with Gasteiger partial charge in [-0.15, -0.1) is 0 Å². The van der Waals surface area contributed by atoms with E-state index >= 15 is 0 Å². The van der Waals surface area contributed by atoms with E-state index in [9.17, 15) is 4.79 Å². The summed E-state index contributed by atoms with van der Waals surface area (Å²) >= 11 is 6.09. The van der Waals surface area contributed by atoms with Crippen LogP contribution in [-0.2, 0) is 4.79 Å². The fraction of sp³-hybridized carbons (Fsp3) is 0.500. The van der Waals surface area contributed by atoms with Crippen molar-refractivity contribution in [2.75, 3.05) is 23.7 Å². The third-order valence-corrected chi connectivity index (χ3v) is 2.70. The zero-order chi connectivity index (χ0) is 14.5. The molecule has 0 saturated carbocycles. The molecule has 0 spiro atoms. The molecule has 0 heterocycles. The Bertz CT molecular complexity index is 441. The van der Waals surface area contributed by atoms with Crippen molar-refractivity contribution in [3.05, 3.63) is 23.2 Å². The van der Waals surface area contributed by atoms with Crippen LogP contribution in [0.25, 0.3) is 0 Å². The predicted molar refractivity (Wildman–Crippen MR) is 82.0 cm³/mol. The maximum atomic E-state index is 11.0. The number of carbonyl (C=O) groups excluding carboxylic acids is 1. The minimum absolute atomic E-state index is 0.120. The molecule has 106 valence electrons. The predicted octanol–water partition coefficient (Wildman–Crippen LogP) is 3.10. The molecule has 4 nitrogen and oxygen atoms in total. The average Bonchev–Trinajstić information content (AvgIpc) is 2.26. The van der Waals surface area contributed by atoms with Crippen LogP contribution >= 0.6 is 11.6 Å². The fourth-order valence-electron chi connectivity index (χ4n) is 1.56. The number of carbonyl (C=O) groups is 1. The monoisotopic (exact) mass is 283 g/mol. The Morgan fingerprint density at radius 2 is 1.95 bits per heavy atom. The van der Waals surface area contributed by atoms with E-state index in [1.807, 2.05) is 12.1 Å². The first kappa shape index (κ1) is 15.8. The van der Waals surface area contributed by atoms with E-state index in [-0.39, 0.29) is 11.4 Å². The molecule has 0 radical (unpaired) electrons. The molecule has 3 N–H and O–H groups in total. The molecule has 0 aliphatic rings. The van der Waals surface area contributed by atoms with Crippen LogP contribution < -0.4 is 16.0 Å². The van der Waals surface area contributed by atoms with Gasteiger partial charge in [-0.2, -0.15) is 0 Å². The van der Waals surface area contributed by atoms with Crippen molar-refractivity contribution < 1.29 is 4.79 Å². The highest BCUT2D eigenvalue weighted by atomic mass is 35.5. The van der Waals surface area contributed by atoms with Gasteiger partial charge in [0.2, 0.25) is 5.91 Å². The summed E-state index contributed by atoms with van der Waals surface area (Å²) in [6, 6.07) is 5.50. The topological polar surface area (TPSA) is 53.2 Å². The summed E-state index contributed by atoms with van der Waals surface area (Å²) in [6.45, 7) is 9.53. The summed E-state index contributed by atoms with van der Waals surface area (Å²) in [5.74, 6) is -0.128. The molecular formula is C14H22ClN3O. The van der Waals surface area contributed by atoms with Gasteiger partial charge < -0.3 is 16.0 Å². The number of rotatable bonds is 5. The van der Waals surface area contributed by atoms with Gasteiger partial charge in [0.25, 0.3) is 0 Å². The van der Waals surface area contributed by atoms with Crippen LogP contribution in [-0.4, -0.2) is 24.5 Å². The van der Waals surface area contributed by atoms with Crippen LogP contribution in [0.2, 0.25) is 5.02 Å². The molecule has 0 bridgehead atoms. The summed E-state index contributed by atoms with van der Waals surface area (Å²) in [6.07, 6.45) is 0. The lowest BCUT2D eigenvalue weighted by Crippen LogP contribution is -2.38. The molecule has 19 heavy (non-hydrogen) atoms. The number of hydrogen-bond donors (Lipinski definition) is 3. The van der Waals surface area contributed by atoms with Gasteiger partial charge in [-0.1, -0.05) is 11.6 Å². The first-order valence-corrected chi connectivity index (χ1v) is 6.72. The van der Waals surface area contributed by atoms with Gasteiger partial charge in [0.05, 0.1) is 10.7 Å². The van der Waals surface area contributed by atoms with Crippen molar-refractivity contribution in [3.63, 3.8) is 0 Å². The maximum absolute atomic E-state index is 11.0. The summed E-state index contributed by atoms with van der Waals surface area (Å²) in [7, 11) is 0. The lowest BCUT2D eigenvalue weighted by Gasteiger charge is -2.20. The standard InChI is InChI=1S/C14H22ClN3O/c1-10(19)18-13-6-5-11(9-12(13)15)16-7-8-17-14(2,3)4/h5-6,9,16-17H,7-8H2,1-4H3,(H,18,19). The number of benzene rings is 1. The molecule has 0 atom stereocenters. The van der Waals surface area contributed by atoms with Gasteiger partial charge in [0.15, 0.2) is 0 Å². The van der Waals surface area contributed by atoms with Crippen LogP contribution in [0.15, 0.2) is 18.2 Å². The second kappa shape index (κ2) is 6.78. The molecule has 1 aromatic carbocycles. The summed E-state index contributed by atoms with van der Waals surface area (Å²) in [5, 5.41) is 9.88. The number of halogens is 1. The highest BCUT2D eigenvalue weighted by molar-refractivity contribution is 6.34. The quantitative estimate of drug-likeness (QED) is 0.728. The third kappa shape index (κ3) is 6.45. The first-order chi connectivity index (χ1) is 8.78. The number of nitrogens with one attached hydrogen (secondary N) is 3. The second-order valence-electron chi connectivity index (χ2n) is 5.48. The third-order valence-electron chi connectivity index (χ3n) is 2.39. The molecule has 1 amide bonds. The van der Waals surface area contributed by atoms with Gasteiger partial charge in [-0.25, -0.2) is 0 Å². The van der Waals surface area contributed by atoms with Crippen molar-refractivity contribution in [2.45, 2.75) is 33.2 Å². The van der Waals surface area contributed by atoms with Gasteiger partial charge in [-0.05, 0) is 39.0 Å². The zero-order valence-electron chi connectivity index (χ0n) is 11.9. The van der Waals surface area contributed by atoms with Gasteiger partial charge in [0.1, 0.15) is 0 Å². The Balaban J connectivity index is 2.48. The van der Waals surface area contributed by atoms with E-state index in [1.165, 1.54) is 6.92 Å². The second-order valence-corrected chi connectivity index (χ2v) is 5.89. The Labute approximate surface area is 119 Å². The minimum atomic E-state index is -0.128. The molecule has 0 saturated heterocycles. The van der Waals surface area contributed by atoms with Crippen LogP contribution in [0.3, 0.4) is 0 Å². The Morgan fingerprint density at radius 1 is 1.26 bits per heavy atom. The molecule has 0 aliphatic carbocycles. The Hall–Kier alpha value is -1.26. The highest BCUT2D eigenvalue weighted by Gasteiger charge is 2.07. The highest BCUT2D eigenvalue weighted by Crippen LogP contribution is 2.25. The minimum Gasteiger partial charge on any atom is -0.384 e. The number of amides is 1. The van der Waals surface area contributed by atoms with Crippen molar-refractivity contribution in [1.82, 2.24) is 5.32 Å². The normalized spacial score (nSPS) is 11.2. The van der Waals surface area contributed by atoms with Gasteiger partial charge in [0, 0.05) is 31.2 Å². The van der Waals surface area contributed by atoms with Gasteiger partial charge in [-0.3, -0.25) is 4.79 Å². The molecule has 0 unspecified atom stereocenters. The van der Waals surface area contributed by atoms with Crippen LogP contribution in [0.4, 0.5) is 11.4 Å². The summed E-state index contributed by atoms with van der Waals surface area (Å²) in [5.41, 5.74) is 1.69. The molecule has 0 aliphatic heterocycles. The van der Waals surface area contributed by atoms with Gasteiger partial charge >= 0.3 is 0 Å². The van der Waals surface area contributed by atoms with Crippen molar-refractivity contribution >= 4 is 28.9 Å². The molecule has 5 heteroatoms. The van der Waals surface area contributed by atoms with E-state index in [4.69, 9.17) is 11.6 Å². The summed E-state index contributed by atoms with van der Waals surface area (Å²) in [4.78, 5) is 11.0. The fourth-order valence-corrected chi connectivity index (χ4v) is 1.79. The van der Waals surface area contributed by atoms with Crippen molar-refractivity contribution in [3.8, 4) is 0 Å². The van der Waals surface area contributed by atoms with E-state index < -0.39 is 0 Å². The number of hydrogen-bond acceptors (Lipinski definition) is 3. The Morgan fingerprint density at radius 3 is 2.47 bits per heavy atom. The van der Waals surface area contributed by atoms with E-state index in [2.05, 4.69) is 36.7 Å². The largest absolute Gasteiger partial charge is 0.384 e. The van der Waals surface area contributed by atoms with E-state index in [0.29, 0.717) is 10.7 Å². The van der Waals surface area contributed by atoms with Crippen LogP contribution in [0, 0.1) is 0 Å². The molecular weight excluding hydrogens is 262 g/mol.